The van der Waals surface area contributed by atoms with Crippen molar-refractivity contribution in [3.63, 3.8) is 0 Å². The van der Waals surface area contributed by atoms with Crippen LogP contribution in [0.5, 0.6) is 0 Å². The maximum absolute atomic E-state index is 13.1. The van der Waals surface area contributed by atoms with E-state index >= 15 is 0 Å². The molecule has 0 aliphatic carbocycles. The van der Waals surface area contributed by atoms with Crippen molar-refractivity contribution in [1.29, 1.82) is 0 Å². The van der Waals surface area contributed by atoms with E-state index in [0.29, 0.717) is 24.2 Å². The minimum Gasteiger partial charge on any atom is -0.346 e. The van der Waals surface area contributed by atoms with Crippen molar-refractivity contribution >= 4 is 21.6 Å². The quantitative estimate of drug-likeness (QED) is 0.671. The minimum atomic E-state index is -3.62. The third-order valence-electron chi connectivity index (χ3n) is 5.45. The van der Waals surface area contributed by atoms with Gasteiger partial charge in [-0.05, 0) is 61.7 Å². The molecule has 154 valence electrons. The molecule has 1 N–H and O–H groups in total. The fourth-order valence-corrected chi connectivity index (χ4v) is 5.21. The number of hydrogen-bond acceptors (Lipinski definition) is 3. The van der Waals surface area contributed by atoms with Gasteiger partial charge < -0.3 is 5.32 Å². The molecule has 0 aromatic heterocycles. The van der Waals surface area contributed by atoms with E-state index in [4.69, 9.17) is 0 Å². The highest BCUT2D eigenvalue weighted by Gasteiger charge is 2.31. The Hall–Kier alpha value is -3.12. The Bertz CT molecular complexity index is 1170. The Balaban J connectivity index is 1.55. The number of aryl methyl sites for hydroxylation is 1. The molecule has 0 spiro atoms. The Kier molecular flexibility index (Phi) is 5.35. The van der Waals surface area contributed by atoms with Gasteiger partial charge >= 0.3 is 0 Å². The third kappa shape index (κ3) is 3.83. The van der Waals surface area contributed by atoms with Crippen molar-refractivity contribution in [3.05, 3.63) is 95.1 Å². The fourth-order valence-electron chi connectivity index (χ4n) is 3.70. The van der Waals surface area contributed by atoms with Crippen molar-refractivity contribution in [2.75, 3.05) is 10.8 Å². The fraction of sp³-hybridized carbons (Fsp3) is 0.208. The van der Waals surface area contributed by atoms with Crippen LogP contribution in [0, 0.1) is 6.92 Å². The highest BCUT2D eigenvalue weighted by molar-refractivity contribution is 7.92. The molecule has 6 heteroatoms. The lowest BCUT2D eigenvalue weighted by molar-refractivity contribution is 0.0940. The second kappa shape index (κ2) is 7.95. The molecule has 4 rings (SSSR count). The second-order valence-electron chi connectivity index (χ2n) is 7.59. The molecule has 0 unspecified atom stereocenters. The lowest BCUT2D eigenvalue weighted by Gasteiger charge is -2.20. The Morgan fingerprint density at radius 2 is 1.70 bits per heavy atom. The van der Waals surface area contributed by atoms with Crippen LogP contribution in [0.1, 0.15) is 40.0 Å². The van der Waals surface area contributed by atoms with E-state index in [1.165, 1.54) is 4.31 Å². The van der Waals surface area contributed by atoms with Crippen LogP contribution in [0.2, 0.25) is 0 Å². The van der Waals surface area contributed by atoms with Crippen LogP contribution in [0.15, 0.2) is 77.7 Å². The van der Waals surface area contributed by atoms with Crippen molar-refractivity contribution in [2.24, 2.45) is 0 Å². The van der Waals surface area contributed by atoms with E-state index < -0.39 is 10.0 Å². The molecule has 1 aliphatic rings. The van der Waals surface area contributed by atoms with Gasteiger partial charge in [0.1, 0.15) is 0 Å². The highest BCUT2D eigenvalue weighted by Crippen LogP contribution is 2.33. The van der Waals surface area contributed by atoms with Crippen molar-refractivity contribution in [2.45, 2.75) is 31.2 Å². The number of fused-ring (bicyclic) bond motifs is 1. The van der Waals surface area contributed by atoms with Gasteiger partial charge in [-0.2, -0.15) is 0 Å². The zero-order chi connectivity index (χ0) is 21.3. The Morgan fingerprint density at radius 3 is 2.40 bits per heavy atom. The van der Waals surface area contributed by atoms with Crippen LogP contribution in [-0.4, -0.2) is 20.9 Å². The number of carbonyl (C=O) groups excluding carboxylic acids is 1. The maximum atomic E-state index is 13.1. The predicted molar refractivity (Wildman–Crippen MR) is 118 cm³/mol. The molecular formula is C24H24N2O3S. The van der Waals surface area contributed by atoms with Crippen LogP contribution in [0.25, 0.3) is 0 Å². The number of carbonyl (C=O) groups is 1. The first kappa shape index (κ1) is 20.2. The highest BCUT2D eigenvalue weighted by atomic mass is 32.2. The first-order chi connectivity index (χ1) is 14.4. The molecule has 0 fully saturated rings. The SMILES string of the molecule is Cc1ccc(S(=O)(=O)N2CCc3cc(C(=O)N[C@H](C)c4ccccc4)ccc32)cc1. The normalized spacial score (nSPS) is 14.3. The van der Waals surface area contributed by atoms with Crippen LogP contribution in [0.3, 0.4) is 0 Å². The third-order valence-corrected chi connectivity index (χ3v) is 7.28. The molecule has 1 amide bonds. The summed E-state index contributed by atoms with van der Waals surface area (Å²) in [6.07, 6.45) is 0.579. The topological polar surface area (TPSA) is 66.5 Å². The molecule has 0 saturated heterocycles. The van der Waals surface area contributed by atoms with Crippen molar-refractivity contribution < 1.29 is 13.2 Å². The average molecular weight is 421 g/mol. The minimum absolute atomic E-state index is 0.120. The van der Waals surface area contributed by atoms with E-state index in [-0.39, 0.29) is 16.8 Å². The lowest BCUT2D eigenvalue weighted by atomic mass is 10.1. The van der Waals surface area contributed by atoms with Crippen LogP contribution in [0.4, 0.5) is 5.69 Å². The standard InChI is InChI=1S/C24H24N2O3S/c1-17-8-11-22(12-9-17)30(28,29)26-15-14-20-16-21(10-13-23(20)26)24(27)25-18(2)19-6-4-3-5-7-19/h3-13,16,18H,14-15H2,1-2H3,(H,25,27)/t18-/m1/s1. The van der Waals surface area contributed by atoms with E-state index in [1.807, 2.05) is 44.2 Å². The number of sulfonamides is 1. The summed E-state index contributed by atoms with van der Waals surface area (Å²) in [6.45, 7) is 4.24. The molecular weight excluding hydrogens is 396 g/mol. The monoisotopic (exact) mass is 420 g/mol. The van der Waals surface area contributed by atoms with E-state index in [0.717, 1.165) is 16.7 Å². The number of benzene rings is 3. The van der Waals surface area contributed by atoms with E-state index in [2.05, 4.69) is 5.32 Å². The maximum Gasteiger partial charge on any atom is 0.264 e. The first-order valence-corrected chi connectivity index (χ1v) is 11.4. The molecule has 5 nitrogen and oxygen atoms in total. The molecule has 30 heavy (non-hydrogen) atoms. The summed E-state index contributed by atoms with van der Waals surface area (Å²) in [5, 5.41) is 3.01. The Morgan fingerprint density at radius 1 is 1.00 bits per heavy atom. The van der Waals surface area contributed by atoms with Gasteiger partial charge in [-0.15, -0.1) is 0 Å². The second-order valence-corrected chi connectivity index (χ2v) is 9.45. The zero-order valence-corrected chi connectivity index (χ0v) is 17.8. The molecule has 1 aliphatic heterocycles. The number of anilines is 1. The summed E-state index contributed by atoms with van der Waals surface area (Å²) < 4.78 is 27.6. The zero-order valence-electron chi connectivity index (χ0n) is 17.0. The lowest BCUT2D eigenvalue weighted by Crippen LogP contribution is -2.29. The predicted octanol–water partition coefficient (Wildman–Crippen LogP) is 4.24. The number of nitrogens with one attached hydrogen (secondary N) is 1. The Labute approximate surface area is 177 Å². The number of amides is 1. The van der Waals surface area contributed by atoms with Crippen molar-refractivity contribution in [3.8, 4) is 0 Å². The van der Waals surface area contributed by atoms with Gasteiger partial charge in [-0.25, -0.2) is 8.42 Å². The van der Waals surface area contributed by atoms with Crippen LogP contribution >= 0.6 is 0 Å². The largest absolute Gasteiger partial charge is 0.346 e. The average Bonchev–Trinajstić information content (AvgIpc) is 3.18. The van der Waals surface area contributed by atoms with E-state index in [1.54, 1.807) is 42.5 Å². The summed E-state index contributed by atoms with van der Waals surface area (Å²) >= 11 is 0. The van der Waals surface area contributed by atoms with Gasteiger partial charge in [0, 0.05) is 12.1 Å². The molecule has 0 radical (unpaired) electrons. The summed E-state index contributed by atoms with van der Waals surface area (Å²) in [4.78, 5) is 13.0. The van der Waals surface area contributed by atoms with Gasteiger partial charge in [0.2, 0.25) is 0 Å². The number of hydrogen-bond donors (Lipinski definition) is 1. The van der Waals surface area contributed by atoms with Gasteiger partial charge in [-0.1, -0.05) is 48.0 Å². The van der Waals surface area contributed by atoms with Crippen molar-refractivity contribution in [1.82, 2.24) is 5.32 Å². The molecule has 1 atom stereocenters. The smallest absolute Gasteiger partial charge is 0.264 e. The summed E-state index contributed by atoms with van der Waals surface area (Å²) in [5.74, 6) is -0.172. The number of nitrogens with zero attached hydrogens (tertiary/aromatic N) is 1. The molecule has 3 aromatic rings. The first-order valence-electron chi connectivity index (χ1n) is 9.94. The molecule has 3 aromatic carbocycles. The molecule has 1 heterocycles. The van der Waals surface area contributed by atoms with Gasteiger partial charge in [0.25, 0.3) is 15.9 Å². The van der Waals surface area contributed by atoms with Crippen LogP contribution < -0.4 is 9.62 Å². The molecule has 0 saturated carbocycles. The van der Waals surface area contributed by atoms with Gasteiger partial charge in [0.15, 0.2) is 0 Å². The molecule has 0 bridgehead atoms. The summed E-state index contributed by atoms with van der Waals surface area (Å²) in [6, 6.07) is 21.7. The van der Waals surface area contributed by atoms with E-state index in [9.17, 15) is 13.2 Å². The summed E-state index contributed by atoms with van der Waals surface area (Å²) in [5.41, 5.74) is 4.08. The van der Waals surface area contributed by atoms with Crippen LogP contribution in [-0.2, 0) is 16.4 Å². The van der Waals surface area contributed by atoms with Gasteiger partial charge in [-0.3, -0.25) is 9.10 Å². The summed E-state index contributed by atoms with van der Waals surface area (Å²) in [7, 11) is -3.62. The number of rotatable bonds is 5. The van der Waals surface area contributed by atoms with Gasteiger partial charge in [0.05, 0.1) is 16.6 Å².